The minimum atomic E-state index is -0.405. The van der Waals surface area contributed by atoms with Crippen molar-refractivity contribution < 1.29 is 28.5 Å². The number of Topliss-reactive ketones (excluding diaryl/α,β-unsaturated/α-hetero) is 1. The number of hydrogen-bond acceptors (Lipinski definition) is 6. The van der Waals surface area contributed by atoms with Crippen molar-refractivity contribution >= 4 is 17.6 Å². The smallest absolute Gasteiger partial charge is 0.232 e. The summed E-state index contributed by atoms with van der Waals surface area (Å²) in [5, 5.41) is 0. The second-order valence-corrected chi connectivity index (χ2v) is 5.16. The quantitative estimate of drug-likeness (QED) is 0.853. The fourth-order valence-corrected chi connectivity index (χ4v) is 2.92. The number of rotatable bonds is 3. The molecule has 1 aromatic rings. The molecule has 1 aliphatic carbocycles. The van der Waals surface area contributed by atoms with Crippen LogP contribution in [0.15, 0.2) is 17.6 Å². The van der Waals surface area contributed by atoms with E-state index in [9.17, 15) is 9.59 Å². The molecule has 23 heavy (non-hydrogen) atoms. The summed E-state index contributed by atoms with van der Waals surface area (Å²) in [6, 6.07) is 0. The highest BCUT2D eigenvalue weighted by atomic mass is 16.5. The summed E-state index contributed by atoms with van der Waals surface area (Å²) in [4.78, 5) is 25.2. The van der Waals surface area contributed by atoms with Crippen molar-refractivity contribution in [2.24, 2.45) is 0 Å². The van der Waals surface area contributed by atoms with Gasteiger partial charge in [-0.15, -0.1) is 0 Å². The first-order chi connectivity index (χ1) is 11.0. The van der Waals surface area contributed by atoms with Crippen molar-refractivity contribution in [2.45, 2.75) is 13.5 Å². The molecule has 120 valence electrons. The first-order valence-corrected chi connectivity index (χ1v) is 7.00. The monoisotopic (exact) mass is 316 g/mol. The van der Waals surface area contributed by atoms with Crippen LogP contribution < -0.4 is 9.47 Å². The molecule has 1 aromatic carbocycles. The summed E-state index contributed by atoms with van der Waals surface area (Å²) < 4.78 is 21.4. The molecule has 0 atom stereocenters. The Morgan fingerprint density at radius 1 is 0.957 bits per heavy atom. The lowest BCUT2D eigenvalue weighted by Gasteiger charge is -2.26. The highest BCUT2D eigenvalue weighted by molar-refractivity contribution is 6.26. The van der Waals surface area contributed by atoms with Gasteiger partial charge in [-0.25, -0.2) is 0 Å². The molecular weight excluding hydrogens is 300 g/mol. The maximum Gasteiger partial charge on any atom is 0.232 e. The van der Waals surface area contributed by atoms with Crippen molar-refractivity contribution in [3.63, 3.8) is 0 Å². The molecule has 6 nitrogen and oxygen atoms in total. The van der Waals surface area contributed by atoms with Gasteiger partial charge in [-0.1, -0.05) is 0 Å². The van der Waals surface area contributed by atoms with Gasteiger partial charge in [-0.05, 0) is 13.0 Å². The normalized spacial score (nSPS) is 15.8. The van der Waals surface area contributed by atoms with Crippen molar-refractivity contribution in [1.82, 2.24) is 0 Å². The predicted molar refractivity (Wildman–Crippen MR) is 81.7 cm³/mol. The molecule has 0 N–H and O–H groups in total. The van der Waals surface area contributed by atoms with Crippen molar-refractivity contribution in [2.75, 3.05) is 21.3 Å². The number of allylic oxidation sites excluding steroid dienone is 3. The number of hydrogen-bond donors (Lipinski definition) is 0. The van der Waals surface area contributed by atoms with E-state index in [1.807, 2.05) is 6.92 Å². The molecule has 0 bridgehead atoms. The molecule has 0 radical (unpaired) electrons. The van der Waals surface area contributed by atoms with Crippen molar-refractivity contribution in [1.29, 1.82) is 0 Å². The predicted octanol–water partition coefficient (Wildman–Crippen LogP) is 2.50. The van der Waals surface area contributed by atoms with Gasteiger partial charge in [-0.3, -0.25) is 9.59 Å². The Kier molecular flexibility index (Phi) is 3.60. The molecular formula is C17H16O6. The Hall–Kier alpha value is -2.76. The SMILES string of the molecule is COC1=CC(=O)c2c(OC)c3c(c(OC)c2C1=O)C=C(C)OC3. The molecule has 3 rings (SSSR count). The van der Waals surface area contributed by atoms with Crippen molar-refractivity contribution in [3.05, 3.63) is 39.8 Å². The van der Waals surface area contributed by atoms with Crippen LogP contribution in [0, 0.1) is 0 Å². The van der Waals surface area contributed by atoms with Gasteiger partial charge in [-0.2, -0.15) is 0 Å². The third kappa shape index (κ3) is 2.10. The summed E-state index contributed by atoms with van der Waals surface area (Å²) in [6.07, 6.45) is 2.94. The molecule has 0 fully saturated rings. The van der Waals surface area contributed by atoms with Crippen LogP contribution in [0.2, 0.25) is 0 Å². The zero-order valence-corrected chi connectivity index (χ0v) is 13.3. The van der Waals surface area contributed by atoms with E-state index < -0.39 is 5.78 Å². The number of ether oxygens (including phenoxy) is 4. The number of fused-ring (bicyclic) bond motifs is 2. The lowest BCUT2D eigenvalue weighted by Crippen LogP contribution is -2.22. The third-order valence-electron chi connectivity index (χ3n) is 3.93. The standard InChI is InChI=1S/C17H16O6/c1-8-5-9-10(7-23-8)17(22-4)13-11(18)6-12(20-2)15(19)14(13)16(9)21-3/h5-6H,7H2,1-4H3. The molecule has 0 saturated carbocycles. The van der Waals surface area contributed by atoms with E-state index in [0.717, 1.165) is 0 Å². The van der Waals surface area contributed by atoms with Crippen LogP contribution in [0.3, 0.4) is 0 Å². The molecule has 0 aromatic heterocycles. The van der Waals surface area contributed by atoms with E-state index in [-0.39, 0.29) is 29.3 Å². The third-order valence-corrected chi connectivity index (χ3v) is 3.93. The lowest BCUT2D eigenvalue weighted by atomic mass is 9.86. The van der Waals surface area contributed by atoms with Gasteiger partial charge in [0, 0.05) is 17.2 Å². The summed E-state index contributed by atoms with van der Waals surface area (Å²) in [7, 11) is 4.27. The van der Waals surface area contributed by atoms with Crippen LogP contribution in [-0.4, -0.2) is 32.9 Å². The summed E-state index contributed by atoms with van der Waals surface area (Å²) in [5.74, 6) is 0.576. The van der Waals surface area contributed by atoms with E-state index in [2.05, 4.69) is 0 Å². The Bertz CT molecular complexity index is 785. The number of benzene rings is 1. The van der Waals surface area contributed by atoms with Gasteiger partial charge in [0.15, 0.2) is 11.5 Å². The Labute approximate surface area is 133 Å². The van der Waals surface area contributed by atoms with E-state index in [4.69, 9.17) is 18.9 Å². The number of carbonyl (C=O) groups is 2. The summed E-state index contributed by atoms with van der Waals surface area (Å²) >= 11 is 0. The van der Waals surface area contributed by atoms with E-state index in [1.54, 1.807) is 6.08 Å². The highest BCUT2D eigenvalue weighted by Crippen LogP contribution is 2.45. The average molecular weight is 316 g/mol. The topological polar surface area (TPSA) is 71.1 Å². The molecule has 2 aliphatic rings. The maximum atomic E-state index is 12.7. The summed E-state index contributed by atoms with van der Waals surface area (Å²) in [5.41, 5.74) is 1.72. The zero-order valence-electron chi connectivity index (χ0n) is 13.3. The second-order valence-electron chi connectivity index (χ2n) is 5.16. The van der Waals surface area contributed by atoms with Crippen LogP contribution in [-0.2, 0) is 16.1 Å². The molecule has 0 amide bonds. The molecule has 6 heteroatoms. The lowest BCUT2D eigenvalue weighted by molar-refractivity contribution is 0.0910. The molecule has 0 spiro atoms. The van der Waals surface area contributed by atoms with Gasteiger partial charge in [0.05, 0.1) is 38.2 Å². The van der Waals surface area contributed by atoms with Gasteiger partial charge < -0.3 is 18.9 Å². The van der Waals surface area contributed by atoms with E-state index in [0.29, 0.717) is 28.4 Å². The zero-order chi connectivity index (χ0) is 16.7. The molecule has 1 aliphatic heterocycles. The fraction of sp³-hybridized carbons (Fsp3) is 0.294. The molecule has 1 heterocycles. The van der Waals surface area contributed by atoms with Gasteiger partial charge >= 0.3 is 0 Å². The van der Waals surface area contributed by atoms with Crippen LogP contribution in [0.5, 0.6) is 11.5 Å². The minimum Gasteiger partial charge on any atom is -0.496 e. The number of methoxy groups -OCH3 is 3. The van der Waals surface area contributed by atoms with Crippen LogP contribution in [0.4, 0.5) is 0 Å². The first-order valence-electron chi connectivity index (χ1n) is 7.00. The second kappa shape index (κ2) is 5.46. The van der Waals surface area contributed by atoms with E-state index in [1.165, 1.54) is 27.4 Å². The van der Waals surface area contributed by atoms with Crippen LogP contribution in [0.25, 0.3) is 6.08 Å². The first kappa shape index (κ1) is 15.1. The highest BCUT2D eigenvalue weighted by Gasteiger charge is 2.37. The minimum absolute atomic E-state index is 0.0180. The molecule has 0 unspecified atom stereocenters. The van der Waals surface area contributed by atoms with E-state index >= 15 is 0 Å². The maximum absolute atomic E-state index is 12.7. The van der Waals surface area contributed by atoms with Gasteiger partial charge in [0.1, 0.15) is 18.1 Å². The largest absolute Gasteiger partial charge is 0.496 e. The van der Waals surface area contributed by atoms with Gasteiger partial charge in [0.25, 0.3) is 0 Å². The van der Waals surface area contributed by atoms with Crippen LogP contribution >= 0.6 is 0 Å². The van der Waals surface area contributed by atoms with Gasteiger partial charge in [0.2, 0.25) is 5.78 Å². The number of carbonyl (C=O) groups excluding carboxylic acids is 2. The summed E-state index contributed by atoms with van der Waals surface area (Å²) in [6.45, 7) is 2.05. The Morgan fingerprint density at radius 2 is 1.65 bits per heavy atom. The Morgan fingerprint density at radius 3 is 2.26 bits per heavy atom. The Balaban J connectivity index is 2.42. The number of ketones is 2. The molecule has 0 saturated heterocycles. The fourth-order valence-electron chi connectivity index (χ4n) is 2.92. The van der Waals surface area contributed by atoms with Crippen molar-refractivity contribution in [3.8, 4) is 11.5 Å². The average Bonchev–Trinajstić information content (AvgIpc) is 2.55. The van der Waals surface area contributed by atoms with Crippen LogP contribution in [0.1, 0.15) is 38.8 Å².